The van der Waals surface area contributed by atoms with Gasteiger partial charge in [0.15, 0.2) is 5.13 Å². The van der Waals surface area contributed by atoms with Crippen LogP contribution in [0.5, 0.6) is 0 Å². The van der Waals surface area contributed by atoms with Crippen molar-refractivity contribution in [2.45, 2.75) is 0 Å². The maximum Gasteiger partial charge on any atom is 0.188 e. The van der Waals surface area contributed by atoms with Gasteiger partial charge in [-0.2, -0.15) is 5.26 Å². The molecule has 0 radical (unpaired) electrons. The predicted octanol–water partition coefficient (Wildman–Crippen LogP) is 4.19. The van der Waals surface area contributed by atoms with Crippen LogP contribution in [0.3, 0.4) is 0 Å². The van der Waals surface area contributed by atoms with E-state index in [4.69, 9.17) is 5.26 Å². The Morgan fingerprint density at radius 3 is 2.80 bits per heavy atom. The van der Waals surface area contributed by atoms with Crippen LogP contribution >= 0.6 is 11.3 Å². The van der Waals surface area contributed by atoms with Crippen molar-refractivity contribution in [3.8, 4) is 6.07 Å². The fraction of sp³-hybridized carbons (Fsp3) is 0. The monoisotopic (exact) mass is 287 g/mol. The number of rotatable bonds is 2. The van der Waals surface area contributed by atoms with Crippen molar-refractivity contribution in [1.29, 1.82) is 5.26 Å². The van der Waals surface area contributed by atoms with Gasteiger partial charge in [-0.25, -0.2) is 13.8 Å². The van der Waals surface area contributed by atoms with Gasteiger partial charge in [0, 0.05) is 11.8 Å². The van der Waals surface area contributed by atoms with E-state index >= 15 is 0 Å². The van der Waals surface area contributed by atoms with Crippen molar-refractivity contribution in [3.05, 3.63) is 53.6 Å². The van der Waals surface area contributed by atoms with Gasteiger partial charge in [0.25, 0.3) is 0 Å². The van der Waals surface area contributed by atoms with Crippen molar-refractivity contribution in [1.82, 2.24) is 4.98 Å². The molecule has 0 spiro atoms. The lowest BCUT2D eigenvalue weighted by atomic mass is 10.2. The number of nitrogens with zero attached hydrogens (tertiary/aromatic N) is 2. The smallest absolute Gasteiger partial charge is 0.188 e. The molecule has 0 unspecified atom stereocenters. The Kier molecular flexibility index (Phi) is 3.05. The summed E-state index contributed by atoms with van der Waals surface area (Å²) in [5, 5.41) is 12.3. The molecule has 2 aromatic carbocycles. The number of aromatic nitrogens is 1. The molecule has 20 heavy (non-hydrogen) atoms. The summed E-state index contributed by atoms with van der Waals surface area (Å²) in [7, 11) is 0. The summed E-state index contributed by atoms with van der Waals surface area (Å²) in [4.78, 5) is 4.24. The van der Waals surface area contributed by atoms with Gasteiger partial charge >= 0.3 is 0 Å². The zero-order chi connectivity index (χ0) is 14.1. The van der Waals surface area contributed by atoms with E-state index in [1.165, 1.54) is 41.7 Å². The largest absolute Gasteiger partial charge is 0.331 e. The molecule has 0 saturated carbocycles. The highest BCUT2D eigenvalue weighted by atomic mass is 32.1. The van der Waals surface area contributed by atoms with E-state index in [-0.39, 0.29) is 11.4 Å². The molecule has 1 heterocycles. The van der Waals surface area contributed by atoms with Crippen LogP contribution in [0.2, 0.25) is 0 Å². The highest BCUT2D eigenvalue weighted by Crippen LogP contribution is 2.29. The van der Waals surface area contributed by atoms with Gasteiger partial charge in [-0.3, -0.25) is 0 Å². The third kappa shape index (κ3) is 2.31. The zero-order valence-corrected chi connectivity index (χ0v) is 10.8. The van der Waals surface area contributed by atoms with Crippen molar-refractivity contribution >= 4 is 32.4 Å². The number of thiazole rings is 1. The summed E-state index contributed by atoms with van der Waals surface area (Å²) in [5.41, 5.74) is 1.07. The first-order chi connectivity index (χ1) is 9.65. The molecule has 3 nitrogen and oxygen atoms in total. The molecular formula is C14H7F2N3S. The lowest BCUT2D eigenvalue weighted by Gasteiger charge is -2.02. The topological polar surface area (TPSA) is 48.7 Å². The van der Waals surface area contributed by atoms with Gasteiger partial charge in [0.2, 0.25) is 0 Å². The molecule has 0 atom stereocenters. The van der Waals surface area contributed by atoms with Gasteiger partial charge in [0.1, 0.15) is 17.7 Å². The Morgan fingerprint density at radius 2 is 2.00 bits per heavy atom. The first kappa shape index (κ1) is 12.5. The van der Waals surface area contributed by atoms with Crippen molar-refractivity contribution in [2.75, 3.05) is 5.32 Å². The lowest BCUT2D eigenvalue weighted by Crippen LogP contribution is -1.91. The number of halogens is 2. The third-order valence-corrected chi connectivity index (χ3v) is 3.64. The maximum atomic E-state index is 13.2. The molecule has 0 fully saturated rings. The molecule has 3 rings (SSSR count). The molecule has 0 aliphatic carbocycles. The highest BCUT2D eigenvalue weighted by molar-refractivity contribution is 7.22. The normalized spacial score (nSPS) is 10.4. The Labute approximate surface area is 117 Å². The quantitative estimate of drug-likeness (QED) is 0.768. The average Bonchev–Trinajstić information content (AvgIpc) is 2.82. The van der Waals surface area contributed by atoms with E-state index in [2.05, 4.69) is 10.3 Å². The van der Waals surface area contributed by atoms with Gasteiger partial charge in [-0.15, -0.1) is 0 Å². The van der Waals surface area contributed by atoms with Crippen LogP contribution in [0, 0.1) is 23.0 Å². The number of hydrogen-bond acceptors (Lipinski definition) is 4. The number of fused-ring (bicyclic) bond motifs is 1. The summed E-state index contributed by atoms with van der Waals surface area (Å²) in [5.74, 6) is -0.910. The molecule has 0 amide bonds. The third-order valence-electron chi connectivity index (χ3n) is 2.69. The van der Waals surface area contributed by atoms with Crippen LogP contribution in [0.1, 0.15) is 5.56 Å². The predicted molar refractivity (Wildman–Crippen MR) is 74.0 cm³/mol. The Balaban J connectivity index is 1.95. The molecule has 1 N–H and O–H groups in total. The Hall–Kier alpha value is -2.52. The zero-order valence-electron chi connectivity index (χ0n) is 10.0. The first-order valence-corrected chi connectivity index (χ1v) is 6.50. The highest BCUT2D eigenvalue weighted by Gasteiger charge is 2.07. The molecule has 6 heteroatoms. The van der Waals surface area contributed by atoms with Crippen molar-refractivity contribution in [3.63, 3.8) is 0 Å². The lowest BCUT2D eigenvalue weighted by molar-refractivity contribution is 0.624. The fourth-order valence-corrected chi connectivity index (χ4v) is 2.63. The minimum absolute atomic E-state index is 0.0397. The van der Waals surface area contributed by atoms with Crippen LogP contribution in [0.15, 0.2) is 36.4 Å². The van der Waals surface area contributed by atoms with Gasteiger partial charge < -0.3 is 5.32 Å². The maximum absolute atomic E-state index is 13.2. The second-order valence-electron chi connectivity index (χ2n) is 4.06. The van der Waals surface area contributed by atoms with Crippen LogP contribution in [-0.2, 0) is 0 Å². The molecule has 1 aromatic heterocycles. The summed E-state index contributed by atoms with van der Waals surface area (Å²) >= 11 is 1.35. The van der Waals surface area contributed by atoms with Crippen molar-refractivity contribution in [2.24, 2.45) is 0 Å². The second kappa shape index (κ2) is 4.87. The summed E-state index contributed by atoms with van der Waals surface area (Å²) in [6, 6.07) is 10.3. The van der Waals surface area contributed by atoms with Crippen LogP contribution in [-0.4, -0.2) is 4.98 Å². The van der Waals surface area contributed by atoms with Gasteiger partial charge in [-0.05, 0) is 30.3 Å². The minimum atomic E-state index is -0.565. The minimum Gasteiger partial charge on any atom is -0.331 e. The average molecular weight is 287 g/mol. The van der Waals surface area contributed by atoms with E-state index in [0.717, 1.165) is 4.70 Å². The van der Waals surface area contributed by atoms with E-state index < -0.39 is 5.82 Å². The standard InChI is InChI=1S/C14H7F2N3S/c15-9-1-4-13-12(6-9)19-14(20-13)18-10-2-3-11(16)8(5-10)7-17/h1-6H,(H,18,19). The number of hydrogen-bond donors (Lipinski definition) is 1. The van der Waals surface area contributed by atoms with Crippen LogP contribution < -0.4 is 5.32 Å². The van der Waals surface area contributed by atoms with Gasteiger partial charge in [0.05, 0.1) is 15.8 Å². The number of nitriles is 1. The summed E-state index contributed by atoms with van der Waals surface area (Å²) < 4.78 is 27.1. The van der Waals surface area contributed by atoms with E-state index in [1.54, 1.807) is 12.1 Å². The first-order valence-electron chi connectivity index (χ1n) is 5.68. The molecule has 98 valence electrons. The number of nitrogens with one attached hydrogen (secondary N) is 1. The molecule has 3 aromatic rings. The van der Waals surface area contributed by atoms with E-state index in [9.17, 15) is 8.78 Å². The van der Waals surface area contributed by atoms with E-state index in [0.29, 0.717) is 16.3 Å². The molecule has 0 aliphatic rings. The molecular weight excluding hydrogens is 280 g/mol. The molecule has 0 bridgehead atoms. The van der Waals surface area contributed by atoms with Crippen LogP contribution in [0.25, 0.3) is 10.2 Å². The number of benzene rings is 2. The van der Waals surface area contributed by atoms with Crippen LogP contribution in [0.4, 0.5) is 19.6 Å². The summed E-state index contributed by atoms with van der Waals surface area (Å²) in [6.07, 6.45) is 0. The fourth-order valence-electron chi connectivity index (χ4n) is 1.77. The van der Waals surface area contributed by atoms with Gasteiger partial charge in [-0.1, -0.05) is 11.3 Å². The molecule has 0 aliphatic heterocycles. The second-order valence-corrected chi connectivity index (χ2v) is 5.09. The molecule has 0 saturated heterocycles. The van der Waals surface area contributed by atoms with Crippen molar-refractivity contribution < 1.29 is 8.78 Å². The number of anilines is 2. The SMILES string of the molecule is N#Cc1cc(Nc2nc3cc(F)ccc3s2)ccc1F. The Morgan fingerprint density at radius 1 is 1.15 bits per heavy atom. The Bertz CT molecular complexity index is 836. The van der Waals surface area contributed by atoms with E-state index in [1.807, 2.05) is 0 Å². The summed E-state index contributed by atoms with van der Waals surface area (Å²) in [6.45, 7) is 0.